The number of nitrogens with two attached hydrogens (primary N) is 1. The van der Waals surface area contributed by atoms with Crippen LogP contribution in [0.15, 0.2) is 12.1 Å². The molecule has 0 unspecified atom stereocenters. The molecule has 1 amide bonds. The summed E-state index contributed by atoms with van der Waals surface area (Å²) in [6.45, 7) is 0.888. The van der Waals surface area contributed by atoms with Crippen molar-refractivity contribution in [1.82, 2.24) is 5.32 Å². The Kier molecular flexibility index (Phi) is 3.19. The highest BCUT2D eigenvalue weighted by Gasteiger charge is 2.20. The van der Waals surface area contributed by atoms with Gasteiger partial charge in [-0.25, -0.2) is 0 Å². The quantitative estimate of drug-likeness (QED) is 0.813. The standard InChI is InChI=1S/C14H18N2O3/c15-11-7-13-12(18-8-19-13)6-10(11)14(17)16-5-4-9-2-1-3-9/h6-7,9H,1-5,8,15H2,(H,16,17). The van der Waals surface area contributed by atoms with Crippen LogP contribution < -0.4 is 20.5 Å². The van der Waals surface area contributed by atoms with E-state index in [-0.39, 0.29) is 12.7 Å². The van der Waals surface area contributed by atoms with Crippen molar-refractivity contribution in [3.63, 3.8) is 0 Å². The first kappa shape index (κ1) is 12.1. The summed E-state index contributed by atoms with van der Waals surface area (Å²) in [5.74, 6) is 1.83. The van der Waals surface area contributed by atoms with Gasteiger partial charge in [-0.1, -0.05) is 19.3 Å². The van der Waals surface area contributed by atoms with E-state index in [1.165, 1.54) is 19.3 Å². The Morgan fingerprint density at radius 1 is 1.32 bits per heavy atom. The maximum atomic E-state index is 12.1. The normalized spacial score (nSPS) is 17.1. The van der Waals surface area contributed by atoms with Crippen LogP contribution in [0.4, 0.5) is 5.69 Å². The fraction of sp³-hybridized carbons (Fsp3) is 0.500. The molecule has 3 N–H and O–H groups in total. The second kappa shape index (κ2) is 4.99. The minimum Gasteiger partial charge on any atom is -0.454 e. The minimum absolute atomic E-state index is 0.143. The number of hydrogen-bond acceptors (Lipinski definition) is 4. The van der Waals surface area contributed by atoms with Gasteiger partial charge >= 0.3 is 0 Å². The maximum absolute atomic E-state index is 12.1. The number of anilines is 1. The zero-order valence-corrected chi connectivity index (χ0v) is 10.8. The van der Waals surface area contributed by atoms with Crippen LogP contribution >= 0.6 is 0 Å². The summed E-state index contributed by atoms with van der Waals surface area (Å²) < 4.78 is 10.5. The molecule has 1 saturated carbocycles. The predicted octanol–water partition coefficient (Wildman–Crippen LogP) is 1.92. The summed E-state index contributed by atoms with van der Waals surface area (Å²) in [7, 11) is 0. The molecule has 0 aromatic heterocycles. The molecular formula is C14H18N2O3. The van der Waals surface area contributed by atoms with Gasteiger partial charge in [-0.3, -0.25) is 4.79 Å². The fourth-order valence-electron chi connectivity index (χ4n) is 2.42. The van der Waals surface area contributed by atoms with Crippen LogP contribution in [-0.4, -0.2) is 19.2 Å². The van der Waals surface area contributed by atoms with Crippen molar-refractivity contribution < 1.29 is 14.3 Å². The van der Waals surface area contributed by atoms with Gasteiger partial charge < -0.3 is 20.5 Å². The average Bonchev–Trinajstić information content (AvgIpc) is 2.78. The Balaban J connectivity index is 1.62. The third kappa shape index (κ3) is 2.45. The van der Waals surface area contributed by atoms with Crippen molar-refractivity contribution in [3.8, 4) is 11.5 Å². The topological polar surface area (TPSA) is 73.6 Å². The molecule has 3 rings (SSSR count). The first-order valence-corrected chi connectivity index (χ1v) is 6.71. The highest BCUT2D eigenvalue weighted by atomic mass is 16.7. The zero-order valence-electron chi connectivity index (χ0n) is 10.8. The third-order valence-electron chi connectivity index (χ3n) is 3.85. The van der Waals surface area contributed by atoms with Crippen LogP contribution in [0.3, 0.4) is 0 Å². The molecule has 1 aliphatic carbocycles. The first-order valence-electron chi connectivity index (χ1n) is 6.71. The number of carbonyl (C=O) groups excluding carboxylic acids is 1. The number of amides is 1. The second-order valence-electron chi connectivity index (χ2n) is 5.13. The van der Waals surface area contributed by atoms with Gasteiger partial charge in [-0.15, -0.1) is 0 Å². The lowest BCUT2D eigenvalue weighted by Crippen LogP contribution is -2.28. The summed E-state index contributed by atoms with van der Waals surface area (Å²) in [6.07, 6.45) is 4.97. The molecule has 2 aliphatic rings. The lowest BCUT2D eigenvalue weighted by atomic mass is 9.83. The van der Waals surface area contributed by atoms with Gasteiger partial charge in [-0.05, 0) is 18.4 Å². The van der Waals surface area contributed by atoms with Gasteiger partial charge in [0.1, 0.15) is 0 Å². The number of nitrogens with one attached hydrogen (secondary N) is 1. The number of rotatable bonds is 4. The van der Waals surface area contributed by atoms with E-state index >= 15 is 0 Å². The lowest BCUT2D eigenvalue weighted by Gasteiger charge is -2.25. The van der Waals surface area contributed by atoms with E-state index in [4.69, 9.17) is 15.2 Å². The molecule has 1 heterocycles. The molecule has 1 fully saturated rings. The lowest BCUT2D eigenvalue weighted by molar-refractivity contribution is 0.0949. The monoisotopic (exact) mass is 262 g/mol. The van der Waals surface area contributed by atoms with Gasteiger partial charge in [0, 0.05) is 18.3 Å². The summed E-state index contributed by atoms with van der Waals surface area (Å²) in [4.78, 5) is 12.1. The predicted molar refractivity (Wildman–Crippen MR) is 71.3 cm³/mol. The number of hydrogen-bond donors (Lipinski definition) is 2. The Labute approximate surface area is 112 Å². The van der Waals surface area contributed by atoms with Crippen molar-refractivity contribution >= 4 is 11.6 Å². The van der Waals surface area contributed by atoms with Crippen molar-refractivity contribution in [1.29, 1.82) is 0 Å². The van der Waals surface area contributed by atoms with Crippen molar-refractivity contribution in [2.24, 2.45) is 5.92 Å². The highest BCUT2D eigenvalue weighted by Crippen LogP contribution is 2.36. The van der Waals surface area contributed by atoms with E-state index < -0.39 is 0 Å². The van der Waals surface area contributed by atoms with Crippen molar-refractivity contribution in [3.05, 3.63) is 17.7 Å². The van der Waals surface area contributed by atoms with E-state index in [0.29, 0.717) is 29.3 Å². The van der Waals surface area contributed by atoms with Gasteiger partial charge in [0.25, 0.3) is 5.91 Å². The van der Waals surface area contributed by atoms with E-state index in [2.05, 4.69) is 5.32 Å². The highest BCUT2D eigenvalue weighted by molar-refractivity contribution is 6.00. The number of nitrogen functional groups attached to an aromatic ring is 1. The molecule has 5 heteroatoms. The third-order valence-corrected chi connectivity index (χ3v) is 3.85. The molecule has 0 atom stereocenters. The van der Waals surface area contributed by atoms with Gasteiger partial charge in [0.05, 0.1) is 5.56 Å². The molecule has 0 radical (unpaired) electrons. The molecule has 0 spiro atoms. The van der Waals surface area contributed by atoms with Crippen LogP contribution in [0.5, 0.6) is 11.5 Å². The van der Waals surface area contributed by atoms with E-state index in [1.807, 2.05) is 0 Å². The molecule has 1 aromatic carbocycles. The summed E-state index contributed by atoms with van der Waals surface area (Å²) >= 11 is 0. The van der Waals surface area contributed by atoms with Crippen LogP contribution in [0.2, 0.25) is 0 Å². The number of benzene rings is 1. The van der Waals surface area contributed by atoms with Gasteiger partial charge in [0.2, 0.25) is 6.79 Å². The average molecular weight is 262 g/mol. The largest absolute Gasteiger partial charge is 0.454 e. The molecule has 5 nitrogen and oxygen atoms in total. The smallest absolute Gasteiger partial charge is 0.253 e. The second-order valence-corrected chi connectivity index (χ2v) is 5.13. The van der Waals surface area contributed by atoms with Gasteiger partial charge in [-0.2, -0.15) is 0 Å². The van der Waals surface area contributed by atoms with E-state index in [1.54, 1.807) is 12.1 Å². The van der Waals surface area contributed by atoms with Crippen LogP contribution in [-0.2, 0) is 0 Å². The van der Waals surface area contributed by atoms with E-state index in [0.717, 1.165) is 12.3 Å². The van der Waals surface area contributed by atoms with Crippen LogP contribution in [0, 0.1) is 5.92 Å². The van der Waals surface area contributed by atoms with Crippen LogP contribution in [0.25, 0.3) is 0 Å². The van der Waals surface area contributed by atoms with Gasteiger partial charge in [0.15, 0.2) is 11.5 Å². The Morgan fingerprint density at radius 3 is 2.74 bits per heavy atom. The molecule has 19 heavy (non-hydrogen) atoms. The number of carbonyl (C=O) groups is 1. The molecule has 1 aliphatic heterocycles. The summed E-state index contributed by atoms with van der Waals surface area (Å²) in [5.41, 5.74) is 6.75. The van der Waals surface area contributed by atoms with Crippen molar-refractivity contribution in [2.75, 3.05) is 19.1 Å². The SMILES string of the molecule is Nc1cc2c(cc1C(=O)NCCC1CCC1)OCO2. The Bertz CT molecular complexity index is 498. The van der Waals surface area contributed by atoms with Crippen LogP contribution in [0.1, 0.15) is 36.0 Å². The Morgan fingerprint density at radius 2 is 2.05 bits per heavy atom. The van der Waals surface area contributed by atoms with E-state index in [9.17, 15) is 4.79 Å². The zero-order chi connectivity index (χ0) is 13.2. The fourth-order valence-corrected chi connectivity index (χ4v) is 2.42. The van der Waals surface area contributed by atoms with Crippen molar-refractivity contribution in [2.45, 2.75) is 25.7 Å². The molecule has 0 saturated heterocycles. The minimum atomic E-state index is -0.143. The molecule has 0 bridgehead atoms. The molecule has 1 aromatic rings. The molecular weight excluding hydrogens is 244 g/mol. The maximum Gasteiger partial charge on any atom is 0.253 e. The number of ether oxygens (including phenoxy) is 2. The Hall–Kier alpha value is -1.91. The summed E-state index contributed by atoms with van der Waals surface area (Å²) in [6, 6.07) is 3.29. The number of fused-ring (bicyclic) bond motifs is 1. The summed E-state index contributed by atoms with van der Waals surface area (Å²) in [5, 5.41) is 2.91. The first-order chi connectivity index (χ1) is 9.24. The molecule has 102 valence electrons.